The quantitative estimate of drug-likeness (QED) is 0.834. The van der Waals surface area contributed by atoms with E-state index >= 15 is 0 Å². The fourth-order valence-corrected chi connectivity index (χ4v) is 1.78. The Bertz CT molecular complexity index is 450. The summed E-state index contributed by atoms with van der Waals surface area (Å²) in [5.74, 6) is -1.02. The van der Waals surface area contributed by atoms with Crippen molar-refractivity contribution in [2.45, 2.75) is 39.3 Å². The van der Waals surface area contributed by atoms with Crippen LogP contribution < -0.4 is 5.32 Å². The fraction of sp³-hybridized carbons (Fsp3) is 0.500. The van der Waals surface area contributed by atoms with Crippen LogP contribution in [0, 0.1) is 0 Å². The molecule has 2 amide bonds. The van der Waals surface area contributed by atoms with Gasteiger partial charge in [-0.3, -0.25) is 9.78 Å². The number of nitrogens with zero attached hydrogens (tertiary/aromatic N) is 2. The van der Waals surface area contributed by atoms with Gasteiger partial charge in [0.1, 0.15) is 6.54 Å². The SMILES string of the molecule is CCC(C)N(CC(=O)O)C(=O)NC(C)c1cccnc1. The van der Waals surface area contributed by atoms with Crippen LogP contribution in [0.2, 0.25) is 0 Å². The van der Waals surface area contributed by atoms with Gasteiger partial charge in [-0.1, -0.05) is 13.0 Å². The Hall–Kier alpha value is -2.11. The molecule has 1 rings (SSSR count). The average molecular weight is 279 g/mol. The molecule has 2 atom stereocenters. The van der Waals surface area contributed by atoms with Gasteiger partial charge in [0.25, 0.3) is 0 Å². The zero-order valence-corrected chi connectivity index (χ0v) is 12.0. The molecule has 0 radical (unpaired) electrons. The number of pyridine rings is 1. The normalized spacial score (nSPS) is 13.3. The van der Waals surface area contributed by atoms with Crippen LogP contribution in [0.5, 0.6) is 0 Å². The Balaban J connectivity index is 2.73. The molecule has 20 heavy (non-hydrogen) atoms. The summed E-state index contributed by atoms with van der Waals surface area (Å²) >= 11 is 0. The van der Waals surface area contributed by atoms with E-state index in [1.165, 1.54) is 4.90 Å². The molecule has 0 aliphatic rings. The van der Waals surface area contributed by atoms with Crippen molar-refractivity contribution in [2.24, 2.45) is 0 Å². The van der Waals surface area contributed by atoms with Crippen molar-refractivity contribution in [1.29, 1.82) is 0 Å². The fourth-order valence-electron chi connectivity index (χ4n) is 1.78. The molecule has 1 aromatic rings. The molecule has 110 valence electrons. The van der Waals surface area contributed by atoms with Crippen LogP contribution in [0.15, 0.2) is 24.5 Å². The Kier molecular flexibility index (Phi) is 5.96. The summed E-state index contributed by atoms with van der Waals surface area (Å²) in [7, 11) is 0. The third-order valence-corrected chi connectivity index (χ3v) is 3.21. The van der Waals surface area contributed by atoms with Crippen LogP contribution >= 0.6 is 0 Å². The Morgan fingerprint density at radius 1 is 1.45 bits per heavy atom. The molecule has 1 heterocycles. The summed E-state index contributed by atoms with van der Waals surface area (Å²) in [6, 6.07) is 2.92. The first-order valence-electron chi connectivity index (χ1n) is 6.64. The van der Waals surface area contributed by atoms with Crippen LogP contribution in [0.1, 0.15) is 38.8 Å². The highest BCUT2D eigenvalue weighted by Crippen LogP contribution is 2.12. The number of aromatic nitrogens is 1. The van der Waals surface area contributed by atoms with Crippen LogP contribution in [0.4, 0.5) is 4.79 Å². The first-order chi connectivity index (χ1) is 9.45. The van der Waals surface area contributed by atoms with Gasteiger partial charge >= 0.3 is 12.0 Å². The number of hydrogen-bond acceptors (Lipinski definition) is 3. The number of aliphatic carboxylic acids is 1. The van der Waals surface area contributed by atoms with Crippen molar-refractivity contribution >= 4 is 12.0 Å². The lowest BCUT2D eigenvalue weighted by atomic mass is 10.1. The van der Waals surface area contributed by atoms with Gasteiger partial charge in [0.05, 0.1) is 6.04 Å². The second-order valence-corrected chi connectivity index (χ2v) is 4.74. The minimum Gasteiger partial charge on any atom is -0.480 e. The highest BCUT2D eigenvalue weighted by Gasteiger charge is 2.23. The summed E-state index contributed by atoms with van der Waals surface area (Å²) in [6.07, 6.45) is 4.03. The lowest BCUT2D eigenvalue weighted by Crippen LogP contribution is -2.47. The van der Waals surface area contributed by atoms with E-state index < -0.39 is 5.97 Å². The maximum Gasteiger partial charge on any atom is 0.323 e. The van der Waals surface area contributed by atoms with Crippen molar-refractivity contribution in [3.05, 3.63) is 30.1 Å². The molecule has 0 fully saturated rings. The predicted molar refractivity (Wildman–Crippen MR) is 75.3 cm³/mol. The van der Waals surface area contributed by atoms with E-state index in [1.807, 2.05) is 26.8 Å². The number of rotatable bonds is 6. The molecular formula is C14H21N3O3. The topological polar surface area (TPSA) is 82.5 Å². The van der Waals surface area contributed by atoms with Gasteiger partial charge in [-0.05, 0) is 31.9 Å². The minimum absolute atomic E-state index is 0.132. The monoisotopic (exact) mass is 279 g/mol. The molecule has 0 aliphatic heterocycles. The first-order valence-corrected chi connectivity index (χ1v) is 6.64. The molecule has 0 bridgehead atoms. The highest BCUT2D eigenvalue weighted by atomic mass is 16.4. The van der Waals surface area contributed by atoms with E-state index in [0.717, 1.165) is 5.56 Å². The average Bonchev–Trinajstić information content (AvgIpc) is 2.44. The molecule has 0 spiro atoms. The summed E-state index contributed by atoms with van der Waals surface area (Å²) in [5.41, 5.74) is 0.875. The number of nitrogens with one attached hydrogen (secondary N) is 1. The smallest absolute Gasteiger partial charge is 0.323 e. The lowest BCUT2D eigenvalue weighted by molar-refractivity contribution is -0.138. The summed E-state index contributed by atoms with van der Waals surface area (Å²) in [4.78, 5) is 28.4. The van der Waals surface area contributed by atoms with Crippen LogP contribution in [-0.2, 0) is 4.79 Å². The van der Waals surface area contributed by atoms with E-state index in [2.05, 4.69) is 10.3 Å². The molecule has 6 nitrogen and oxygen atoms in total. The second kappa shape index (κ2) is 7.47. The molecule has 2 unspecified atom stereocenters. The maximum atomic E-state index is 12.2. The van der Waals surface area contributed by atoms with Crippen molar-refractivity contribution in [1.82, 2.24) is 15.2 Å². The number of hydrogen-bond donors (Lipinski definition) is 2. The van der Waals surface area contributed by atoms with Crippen LogP contribution in [0.25, 0.3) is 0 Å². The Morgan fingerprint density at radius 2 is 2.15 bits per heavy atom. The van der Waals surface area contributed by atoms with E-state index in [9.17, 15) is 9.59 Å². The minimum atomic E-state index is -1.02. The highest BCUT2D eigenvalue weighted by molar-refractivity contribution is 5.80. The van der Waals surface area contributed by atoms with Gasteiger partial charge in [0.15, 0.2) is 0 Å². The Labute approximate surface area is 118 Å². The largest absolute Gasteiger partial charge is 0.480 e. The number of carboxylic acids is 1. The van der Waals surface area contributed by atoms with Crippen LogP contribution in [-0.4, -0.2) is 39.6 Å². The molecule has 2 N–H and O–H groups in total. The van der Waals surface area contributed by atoms with Crippen LogP contribution in [0.3, 0.4) is 0 Å². The van der Waals surface area contributed by atoms with Crippen molar-refractivity contribution in [3.8, 4) is 0 Å². The van der Waals surface area contributed by atoms with E-state index in [1.54, 1.807) is 18.5 Å². The van der Waals surface area contributed by atoms with Gasteiger partial charge in [-0.2, -0.15) is 0 Å². The maximum absolute atomic E-state index is 12.2. The Morgan fingerprint density at radius 3 is 2.65 bits per heavy atom. The number of urea groups is 1. The van der Waals surface area contributed by atoms with Gasteiger partial charge in [-0.15, -0.1) is 0 Å². The van der Waals surface area contributed by atoms with Crippen molar-refractivity contribution in [2.75, 3.05) is 6.54 Å². The number of carboxylic acid groups (broad SMARTS) is 1. The first kappa shape index (κ1) is 15.9. The summed E-state index contributed by atoms with van der Waals surface area (Å²) in [5, 5.41) is 11.7. The third kappa shape index (κ3) is 4.53. The number of carbonyl (C=O) groups is 2. The van der Waals surface area contributed by atoms with Gasteiger partial charge in [0.2, 0.25) is 0 Å². The molecule has 0 saturated carbocycles. The van der Waals surface area contributed by atoms with Gasteiger partial charge in [-0.25, -0.2) is 4.79 Å². The number of amides is 2. The zero-order chi connectivity index (χ0) is 15.1. The zero-order valence-electron chi connectivity index (χ0n) is 12.0. The van der Waals surface area contributed by atoms with Crippen molar-refractivity contribution < 1.29 is 14.7 Å². The molecule has 1 aromatic heterocycles. The third-order valence-electron chi connectivity index (χ3n) is 3.21. The van der Waals surface area contributed by atoms with E-state index in [4.69, 9.17) is 5.11 Å². The number of carbonyl (C=O) groups excluding carboxylic acids is 1. The molecule has 0 aromatic carbocycles. The molecule has 6 heteroatoms. The summed E-state index contributed by atoms with van der Waals surface area (Å²) < 4.78 is 0. The lowest BCUT2D eigenvalue weighted by Gasteiger charge is -2.28. The molecule has 0 saturated heterocycles. The summed E-state index contributed by atoms with van der Waals surface area (Å²) in [6.45, 7) is 5.28. The second-order valence-electron chi connectivity index (χ2n) is 4.74. The van der Waals surface area contributed by atoms with E-state index in [-0.39, 0.29) is 24.7 Å². The molecule has 0 aliphatic carbocycles. The van der Waals surface area contributed by atoms with Gasteiger partial charge in [0, 0.05) is 18.4 Å². The van der Waals surface area contributed by atoms with Gasteiger partial charge < -0.3 is 15.3 Å². The molecular weight excluding hydrogens is 258 g/mol. The van der Waals surface area contributed by atoms with E-state index in [0.29, 0.717) is 6.42 Å². The van der Waals surface area contributed by atoms with Crippen molar-refractivity contribution in [3.63, 3.8) is 0 Å². The predicted octanol–water partition coefficient (Wildman–Crippen LogP) is 2.04. The standard InChI is InChI=1S/C14H21N3O3/c1-4-10(2)17(9-13(18)19)14(20)16-11(3)12-6-5-7-15-8-12/h5-8,10-11H,4,9H2,1-3H3,(H,16,20)(H,18,19).